The van der Waals surface area contributed by atoms with E-state index in [-0.39, 0.29) is 17.9 Å². The van der Waals surface area contributed by atoms with Crippen LogP contribution in [-0.2, 0) is 9.53 Å². The van der Waals surface area contributed by atoms with Gasteiger partial charge in [-0.3, -0.25) is 4.79 Å². The SMILES string of the molecule is C=C(C)[C@@H]1OCC[C@@H]1C(=O)Nc1nccc(Br)c1C. The monoisotopic (exact) mass is 324 g/mol. The average molecular weight is 325 g/mol. The van der Waals surface area contributed by atoms with Crippen molar-refractivity contribution in [2.24, 2.45) is 5.92 Å². The molecule has 0 spiro atoms. The number of hydrogen-bond acceptors (Lipinski definition) is 3. The number of rotatable bonds is 3. The summed E-state index contributed by atoms with van der Waals surface area (Å²) >= 11 is 3.42. The number of carbonyl (C=O) groups is 1. The second kappa shape index (κ2) is 5.84. The predicted octanol–water partition coefficient (Wildman–Crippen LogP) is 3.07. The van der Waals surface area contributed by atoms with E-state index < -0.39 is 0 Å². The molecule has 0 unspecified atom stereocenters. The van der Waals surface area contributed by atoms with Gasteiger partial charge in [-0.25, -0.2) is 4.98 Å². The van der Waals surface area contributed by atoms with Gasteiger partial charge in [0.2, 0.25) is 5.91 Å². The maximum Gasteiger partial charge on any atom is 0.231 e. The zero-order valence-electron chi connectivity index (χ0n) is 11.1. The van der Waals surface area contributed by atoms with Crippen LogP contribution in [0.5, 0.6) is 0 Å². The van der Waals surface area contributed by atoms with Crippen LogP contribution in [-0.4, -0.2) is 23.6 Å². The largest absolute Gasteiger partial charge is 0.373 e. The summed E-state index contributed by atoms with van der Waals surface area (Å²) in [6.07, 6.45) is 2.19. The molecule has 1 N–H and O–H groups in total. The molecule has 0 saturated carbocycles. The molecule has 2 rings (SSSR count). The first-order chi connectivity index (χ1) is 9.00. The van der Waals surface area contributed by atoms with Crippen molar-refractivity contribution >= 4 is 27.7 Å². The molecule has 19 heavy (non-hydrogen) atoms. The molecule has 1 fully saturated rings. The number of ether oxygens (including phenoxy) is 1. The topological polar surface area (TPSA) is 51.2 Å². The third kappa shape index (κ3) is 3.04. The normalized spacial score (nSPS) is 22.3. The van der Waals surface area contributed by atoms with Crippen molar-refractivity contribution in [1.82, 2.24) is 4.98 Å². The number of nitrogens with one attached hydrogen (secondary N) is 1. The third-order valence-corrected chi connectivity index (χ3v) is 4.15. The summed E-state index contributed by atoms with van der Waals surface area (Å²) in [5.74, 6) is 0.351. The minimum absolute atomic E-state index is 0.0563. The summed E-state index contributed by atoms with van der Waals surface area (Å²) in [5.41, 5.74) is 1.80. The first-order valence-corrected chi connectivity index (χ1v) is 6.99. The molecular formula is C14H17BrN2O2. The highest BCUT2D eigenvalue weighted by molar-refractivity contribution is 9.10. The van der Waals surface area contributed by atoms with Crippen LogP contribution in [0.3, 0.4) is 0 Å². The molecule has 1 saturated heterocycles. The molecule has 102 valence electrons. The van der Waals surface area contributed by atoms with Crippen molar-refractivity contribution in [2.75, 3.05) is 11.9 Å². The van der Waals surface area contributed by atoms with E-state index in [9.17, 15) is 4.79 Å². The van der Waals surface area contributed by atoms with E-state index >= 15 is 0 Å². The van der Waals surface area contributed by atoms with Crippen LogP contribution in [0, 0.1) is 12.8 Å². The summed E-state index contributed by atoms with van der Waals surface area (Å²) in [4.78, 5) is 16.5. The fourth-order valence-corrected chi connectivity index (χ4v) is 2.50. The fourth-order valence-electron chi connectivity index (χ4n) is 2.19. The lowest BCUT2D eigenvalue weighted by Crippen LogP contribution is -2.30. The van der Waals surface area contributed by atoms with E-state index in [1.165, 1.54) is 0 Å². The van der Waals surface area contributed by atoms with E-state index in [0.717, 1.165) is 22.0 Å². The Morgan fingerprint density at radius 1 is 1.63 bits per heavy atom. The summed E-state index contributed by atoms with van der Waals surface area (Å²) in [6, 6.07) is 1.85. The van der Waals surface area contributed by atoms with Gasteiger partial charge in [0, 0.05) is 22.8 Å². The molecule has 0 bridgehead atoms. The van der Waals surface area contributed by atoms with Gasteiger partial charge >= 0.3 is 0 Å². The van der Waals surface area contributed by atoms with E-state index in [2.05, 4.69) is 32.8 Å². The van der Waals surface area contributed by atoms with Crippen molar-refractivity contribution in [2.45, 2.75) is 26.4 Å². The fraction of sp³-hybridized carbons (Fsp3) is 0.429. The van der Waals surface area contributed by atoms with Gasteiger partial charge in [0.1, 0.15) is 5.82 Å². The van der Waals surface area contributed by atoms with Crippen LogP contribution in [0.4, 0.5) is 5.82 Å². The molecule has 5 heteroatoms. The molecule has 0 radical (unpaired) electrons. The number of hydrogen-bond donors (Lipinski definition) is 1. The highest BCUT2D eigenvalue weighted by atomic mass is 79.9. The van der Waals surface area contributed by atoms with Gasteiger partial charge in [0.05, 0.1) is 12.0 Å². The minimum atomic E-state index is -0.188. The summed E-state index contributed by atoms with van der Waals surface area (Å²) in [6.45, 7) is 8.28. The van der Waals surface area contributed by atoms with Gasteiger partial charge in [-0.15, -0.1) is 0 Å². The zero-order chi connectivity index (χ0) is 14.0. The molecule has 1 aliphatic rings. The molecule has 0 aromatic carbocycles. The third-order valence-electron chi connectivity index (χ3n) is 3.29. The van der Waals surface area contributed by atoms with E-state index in [1.807, 2.05) is 19.9 Å². The molecular weight excluding hydrogens is 308 g/mol. The van der Waals surface area contributed by atoms with Gasteiger partial charge in [0.25, 0.3) is 0 Å². The number of pyridine rings is 1. The van der Waals surface area contributed by atoms with Gasteiger partial charge in [-0.1, -0.05) is 28.1 Å². The smallest absolute Gasteiger partial charge is 0.231 e. The number of amides is 1. The Balaban J connectivity index is 2.13. The van der Waals surface area contributed by atoms with Crippen LogP contribution in [0.15, 0.2) is 28.9 Å². The highest BCUT2D eigenvalue weighted by Gasteiger charge is 2.34. The zero-order valence-corrected chi connectivity index (χ0v) is 12.7. The summed E-state index contributed by atoms with van der Waals surface area (Å²) in [5, 5.41) is 2.88. The number of aromatic nitrogens is 1. The molecule has 2 atom stereocenters. The Morgan fingerprint density at radius 2 is 2.37 bits per heavy atom. The maximum absolute atomic E-state index is 12.3. The van der Waals surface area contributed by atoms with E-state index in [0.29, 0.717) is 12.4 Å². The molecule has 1 aromatic heterocycles. The Morgan fingerprint density at radius 3 is 3.05 bits per heavy atom. The average Bonchev–Trinajstić information content (AvgIpc) is 2.84. The van der Waals surface area contributed by atoms with Crippen LogP contribution >= 0.6 is 15.9 Å². The van der Waals surface area contributed by atoms with Crippen molar-refractivity contribution < 1.29 is 9.53 Å². The van der Waals surface area contributed by atoms with Gasteiger partial charge < -0.3 is 10.1 Å². The minimum Gasteiger partial charge on any atom is -0.373 e. The summed E-state index contributed by atoms with van der Waals surface area (Å²) in [7, 11) is 0. The molecule has 1 aliphatic heterocycles. The Bertz CT molecular complexity index is 516. The number of nitrogens with zero attached hydrogens (tertiary/aromatic N) is 1. The predicted molar refractivity (Wildman–Crippen MR) is 78.0 cm³/mol. The number of carbonyl (C=O) groups excluding carboxylic acids is 1. The van der Waals surface area contributed by atoms with Crippen LogP contribution in [0.2, 0.25) is 0 Å². The second-order valence-electron chi connectivity index (χ2n) is 4.79. The molecule has 2 heterocycles. The Hall–Kier alpha value is -1.20. The standard InChI is InChI=1S/C14H17BrN2O2/c1-8(2)12-10(5-7-19-12)14(18)17-13-9(3)11(15)4-6-16-13/h4,6,10,12H,1,5,7H2,2-3H3,(H,16,17,18)/t10-,12-/m0/s1. The molecule has 0 aliphatic carbocycles. The lowest BCUT2D eigenvalue weighted by atomic mass is 9.96. The highest BCUT2D eigenvalue weighted by Crippen LogP contribution is 2.28. The van der Waals surface area contributed by atoms with E-state index in [1.54, 1.807) is 6.20 Å². The lowest BCUT2D eigenvalue weighted by Gasteiger charge is -2.18. The molecule has 1 aromatic rings. The molecule has 4 nitrogen and oxygen atoms in total. The van der Waals surface area contributed by atoms with Crippen molar-refractivity contribution in [3.8, 4) is 0 Å². The van der Waals surface area contributed by atoms with E-state index in [4.69, 9.17) is 4.74 Å². The first kappa shape index (κ1) is 14.2. The van der Waals surface area contributed by atoms with Crippen LogP contribution < -0.4 is 5.32 Å². The quantitative estimate of drug-likeness (QED) is 0.869. The van der Waals surface area contributed by atoms with Crippen LogP contribution in [0.1, 0.15) is 18.9 Å². The Kier molecular flexibility index (Phi) is 4.37. The van der Waals surface area contributed by atoms with Gasteiger partial charge in [-0.2, -0.15) is 0 Å². The Labute approximate surface area is 121 Å². The second-order valence-corrected chi connectivity index (χ2v) is 5.64. The number of anilines is 1. The number of halogens is 1. The lowest BCUT2D eigenvalue weighted by molar-refractivity contribution is -0.120. The van der Waals surface area contributed by atoms with Crippen LogP contribution in [0.25, 0.3) is 0 Å². The summed E-state index contributed by atoms with van der Waals surface area (Å²) < 4.78 is 6.48. The first-order valence-electron chi connectivity index (χ1n) is 6.19. The van der Waals surface area contributed by atoms with Crippen molar-refractivity contribution in [3.05, 3.63) is 34.5 Å². The maximum atomic E-state index is 12.3. The van der Waals surface area contributed by atoms with Gasteiger partial charge in [-0.05, 0) is 26.3 Å². The van der Waals surface area contributed by atoms with Gasteiger partial charge in [0.15, 0.2) is 0 Å². The molecule has 1 amide bonds. The van der Waals surface area contributed by atoms with Crippen molar-refractivity contribution in [1.29, 1.82) is 0 Å². The van der Waals surface area contributed by atoms with Crippen molar-refractivity contribution in [3.63, 3.8) is 0 Å².